The number of halogens is 2. The Hall–Kier alpha value is -1.26. The van der Waals surface area contributed by atoms with Crippen LogP contribution < -0.4 is 5.43 Å². The molecule has 4 nitrogen and oxygen atoms in total. The molecule has 0 fully saturated rings. The zero-order valence-electron chi connectivity index (χ0n) is 6.75. The van der Waals surface area contributed by atoms with Crippen LogP contribution in [-0.4, -0.2) is 16.1 Å². The Kier molecular flexibility index (Phi) is 3.33. The third-order valence-corrected chi connectivity index (χ3v) is 1.95. The molecule has 0 radical (unpaired) electrons. The topological polar surface area (TPSA) is 70.2 Å². The summed E-state index contributed by atoms with van der Waals surface area (Å²) in [6.45, 7) is 0. The lowest BCUT2D eigenvalue weighted by molar-refractivity contribution is -0.131. The van der Waals surface area contributed by atoms with Crippen molar-refractivity contribution in [3.8, 4) is 0 Å². The molecule has 1 rings (SSSR count). The van der Waals surface area contributed by atoms with Crippen molar-refractivity contribution in [3.05, 3.63) is 38.2 Å². The lowest BCUT2D eigenvalue weighted by atomic mass is 10.3. The van der Waals surface area contributed by atoms with Crippen LogP contribution in [0.25, 0.3) is 6.08 Å². The van der Waals surface area contributed by atoms with E-state index in [1.165, 1.54) is 0 Å². The van der Waals surface area contributed by atoms with E-state index in [1.54, 1.807) is 0 Å². The van der Waals surface area contributed by atoms with E-state index in [0.29, 0.717) is 0 Å². The Balaban J connectivity index is 3.21. The van der Waals surface area contributed by atoms with E-state index in [1.807, 2.05) is 0 Å². The molecule has 1 heterocycles. The number of carboxylic acid groups (broad SMARTS) is 1. The minimum Gasteiger partial charge on any atom is -0.478 e. The summed E-state index contributed by atoms with van der Waals surface area (Å²) in [6, 6.07) is 1.11. The molecule has 6 heteroatoms. The zero-order valence-corrected chi connectivity index (χ0v) is 8.26. The van der Waals surface area contributed by atoms with Crippen molar-refractivity contribution in [1.29, 1.82) is 0 Å². The van der Waals surface area contributed by atoms with Gasteiger partial charge in [-0.1, -0.05) is 23.2 Å². The van der Waals surface area contributed by atoms with Crippen molar-refractivity contribution < 1.29 is 9.90 Å². The highest BCUT2D eigenvalue weighted by atomic mass is 35.5. The number of rotatable bonds is 2. The molecule has 1 aromatic heterocycles. The van der Waals surface area contributed by atoms with E-state index in [2.05, 4.69) is 4.98 Å². The summed E-state index contributed by atoms with van der Waals surface area (Å²) < 4.78 is 0. The third kappa shape index (κ3) is 2.61. The van der Waals surface area contributed by atoms with Gasteiger partial charge in [0.05, 0.1) is 5.69 Å². The molecule has 0 unspecified atom stereocenters. The Labute approximate surface area is 88.8 Å². The second kappa shape index (κ2) is 4.30. The van der Waals surface area contributed by atoms with Gasteiger partial charge < -0.3 is 10.1 Å². The van der Waals surface area contributed by atoms with Gasteiger partial charge in [-0.05, 0) is 6.08 Å². The van der Waals surface area contributed by atoms with E-state index in [4.69, 9.17) is 28.3 Å². The molecule has 74 valence electrons. The maximum Gasteiger partial charge on any atom is 0.328 e. The van der Waals surface area contributed by atoms with Crippen LogP contribution in [0.4, 0.5) is 0 Å². The quantitative estimate of drug-likeness (QED) is 0.605. The van der Waals surface area contributed by atoms with Crippen LogP contribution in [0.15, 0.2) is 16.9 Å². The highest BCUT2D eigenvalue weighted by molar-refractivity contribution is 6.33. The van der Waals surface area contributed by atoms with Gasteiger partial charge in [0.1, 0.15) is 10.2 Å². The molecule has 0 aliphatic heterocycles. The number of aromatic nitrogens is 1. The van der Waals surface area contributed by atoms with Gasteiger partial charge in [0.25, 0.3) is 0 Å². The molecule has 0 aliphatic rings. The fourth-order valence-corrected chi connectivity index (χ4v) is 1.17. The normalized spacial score (nSPS) is 10.7. The number of aromatic amines is 1. The van der Waals surface area contributed by atoms with Gasteiger partial charge >= 0.3 is 5.97 Å². The number of nitrogens with one attached hydrogen (secondary N) is 1. The SMILES string of the molecule is O=C(O)/C=C/c1[nH]c(Cl)cc(=O)c1Cl. The summed E-state index contributed by atoms with van der Waals surface area (Å²) in [5, 5.41) is 8.36. The molecule has 0 saturated heterocycles. The van der Waals surface area contributed by atoms with Crippen molar-refractivity contribution in [2.45, 2.75) is 0 Å². The minimum atomic E-state index is -1.14. The number of hydrogen-bond donors (Lipinski definition) is 2. The fourth-order valence-electron chi connectivity index (χ4n) is 0.800. The van der Waals surface area contributed by atoms with Crippen LogP contribution in [0, 0.1) is 0 Å². The molecule has 14 heavy (non-hydrogen) atoms. The zero-order chi connectivity index (χ0) is 10.7. The summed E-state index contributed by atoms with van der Waals surface area (Å²) in [5.74, 6) is -1.14. The van der Waals surface area contributed by atoms with Crippen LogP contribution in [0.5, 0.6) is 0 Å². The van der Waals surface area contributed by atoms with Gasteiger partial charge in [-0.3, -0.25) is 4.79 Å². The van der Waals surface area contributed by atoms with Gasteiger partial charge in [-0.2, -0.15) is 0 Å². The molecule has 0 bridgehead atoms. The van der Waals surface area contributed by atoms with Crippen molar-refractivity contribution >= 4 is 35.2 Å². The van der Waals surface area contributed by atoms with Gasteiger partial charge in [0.2, 0.25) is 5.43 Å². The molecule has 2 N–H and O–H groups in total. The largest absolute Gasteiger partial charge is 0.478 e. The summed E-state index contributed by atoms with van der Waals surface area (Å²) in [7, 11) is 0. The lowest BCUT2D eigenvalue weighted by Crippen LogP contribution is -2.03. The van der Waals surface area contributed by atoms with Gasteiger partial charge in [0, 0.05) is 12.1 Å². The molecule has 0 aliphatic carbocycles. The first kappa shape index (κ1) is 10.8. The number of hydrogen-bond acceptors (Lipinski definition) is 2. The molecule has 0 atom stereocenters. The van der Waals surface area contributed by atoms with E-state index in [0.717, 1.165) is 18.2 Å². The summed E-state index contributed by atoms with van der Waals surface area (Å²) >= 11 is 11.1. The van der Waals surface area contributed by atoms with Crippen LogP contribution in [0.1, 0.15) is 5.69 Å². The fraction of sp³-hybridized carbons (Fsp3) is 0. The van der Waals surface area contributed by atoms with E-state index in [-0.39, 0.29) is 15.9 Å². The number of H-pyrrole nitrogens is 1. The van der Waals surface area contributed by atoms with Crippen LogP contribution in [0.2, 0.25) is 10.2 Å². The van der Waals surface area contributed by atoms with Crippen molar-refractivity contribution in [3.63, 3.8) is 0 Å². The monoisotopic (exact) mass is 233 g/mol. The first-order valence-electron chi connectivity index (χ1n) is 3.50. The lowest BCUT2D eigenvalue weighted by Gasteiger charge is -1.98. The Morgan fingerprint density at radius 3 is 2.71 bits per heavy atom. The smallest absolute Gasteiger partial charge is 0.328 e. The van der Waals surface area contributed by atoms with Crippen LogP contribution >= 0.6 is 23.2 Å². The van der Waals surface area contributed by atoms with Crippen LogP contribution in [-0.2, 0) is 4.79 Å². The van der Waals surface area contributed by atoms with E-state index in [9.17, 15) is 9.59 Å². The maximum atomic E-state index is 11.1. The first-order valence-corrected chi connectivity index (χ1v) is 4.25. The molecule has 0 saturated carbocycles. The Morgan fingerprint density at radius 2 is 2.14 bits per heavy atom. The van der Waals surface area contributed by atoms with Crippen molar-refractivity contribution in [2.24, 2.45) is 0 Å². The number of pyridine rings is 1. The molecular weight excluding hydrogens is 229 g/mol. The van der Waals surface area contributed by atoms with Crippen molar-refractivity contribution in [1.82, 2.24) is 4.98 Å². The number of carboxylic acids is 1. The van der Waals surface area contributed by atoms with Crippen molar-refractivity contribution in [2.75, 3.05) is 0 Å². The van der Waals surface area contributed by atoms with Gasteiger partial charge in [-0.15, -0.1) is 0 Å². The second-order valence-electron chi connectivity index (χ2n) is 2.38. The Bertz CT molecular complexity index is 450. The molecular formula is C8H5Cl2NO3. The third-order valence-electron chi connectivity index (χ3n) is 1.36. The number of carbonyl (C=O) groups is 1. The average molecular weight is 234 g/mol. The second-order valence-corrected chi connectivity index (χ2v) is 3.17. The van der Waals surface area contributed by atoms with Gasteiger partial charge in [0.15, 0.2) is 0 Å². The molecule has 0 aromatic carbocycles. The minimum absolute atomic E-state index is 0.0908. The van der Waals surface area contributed by atoms with E-state index < -0.39 is 11.4 Å². The Morgan fingerprint density at radius 1 is 1.50 bits per heavy atom. The first-order chi connectivity index (χ1) is 6.50. The van der Waals surface area contributed by atoms with Gasteiger partial charge in [-0.25, -0.2) is 4.79 Å². The summed E-state index contributed by atoms with van der Waals surface area (Å²) in [5.41, 5.74) is -0.285. The predicted molar refractivity (Wildman–Crippen MR) is 53.8 cm³/mol. The van der Waals surface area contributed by atoms with E-state index >= 15 is 0 Å². The highest BCUT2D eigenvalue weighted by Gasteiger charge is 2.03. The maximum absolute atomic E-state index is 11.1. The standard InChI is InChI=1S/C8H5Cl2NO3/c9-6-3-5(12)8(10)4(11-6)1-2-7(13)14/h1-3H,(H,11,12)(H,13,14)/b2-1+. The predicted octanol–water partition coefficient (Wildman–Crippen LogP) is 1.78. The molecule has 1 aromatic rings. The average Bonchev–Trinajstić information content (AvgIpc) is 2.08. The highest BCUT2D eigenvalue weighted by Crippen LogP contribution is 2.13. The molecule has 0 amide bonds. The number of aliphatic carboxylic acids is 1. The summed E-state index contributed by atoms with van der Waals surface area (Å²) in [6.07, 6.45) is 2.02. The summed E-state index contributed by atoms with van der Waals surface area (Å²) in [4.78, 5) is 23.8. The van der Waals surface area contributed by atoms with Crippen LogP contribution in [0.3, 0.4) is 0 Å². The molecule has 0 spiro atoms.